The molecule has 1 N–H and O–H groups in total. The number of rotatable bonds is 2. The van der Waals surface area contributed by atoms with Crippen LogP contribution in [-0.4, -0.2) is 41.8 Å². The van der Waals surface area contributed by atoms with Crippen LogP contribution in [0.3, 0.4) is 0 Å². The number of carboxylic acid groups (broad SMARTS) is 1. The summed E-state index contributed by atoms with van der Waals surface area (Å²) >= 11 is 3.54. The van der Waals surface area contributed by atoms with Crippen LogP contribution in [0, 0.1) is 0 Å². The number of carbonyl (C=O) groups is 1. The van der Waals surface area contributed by atoms with Gasteiger partial charge >= 0.3 is 6.09 Å². The molecule has 0 bridgehead atoms. The molecular formula is C16H21BrN2O2. The van der Waals surface area contributed by atoms with Crippen molar-refractivity contribution in [2.45, 2.75) is 44.2 Å². The van der Waals surface area contributed by atoms with Gasteiger partial charge in [-0.2, -0.15) is 0 Å². The smallest absolute Gasteiger partial charge is 0.407 e. The zero-order valence-electron chi connectivity index (χ0n) is 12.3. The van der Waals surface area contributed by atoms with E-state index in [9.17, 15) is 4.79 Å². The number of amides is 1. The molecule has 1 aliphatic heterocycles. The van der Waals surface area contributed by atoms with Crippen LogP contribution in [0.2, 0.25) is 0 Å². The minimum Gasteiger partial charge on any atom is -0.465 e. The van der Waals surface area contributed by atoms with E-state index in [0.29, 0.717) is 6.04 Å². The van der Waals surface area contributed by atoms with Crippen LogP contribution >= 0.6 is 15.9 Å². The molecule has 1 amide bonds. The van der Waals surface area contributed by atoms with Gasteiger partial charge in [0.15, 0.2) is 0 Å². The second-order valence-electron chi connectivity index (χ2n) is 6.07. The van der Waals surface area contributed by atoms with Crippen LogP contribution in [-0.2, 0) is 6.42 Å². The number of hydrogen-bond acceptors (Lipinski definition) is 2. The average molecular weight is 353 g/mol. The van der Waals surface area contributed by atoms with E-state index in [2.05, 4.69) is 39.0 Å². The highest BCUT2D eigenvalue weighted by Gasteiger charge is 2.32. The number of halogens is 1. The standard InChI is InChI=1S/C16H21BrN2O2/c1-18(16(20)21)13-3-5-14(6-4-13)19-9-8-11-10-12(17)2-7-15(11)19/h2,7,10,13-14H,3-6,8-9H2,1H3,(H,20,21). The van der Waals surface area contributed by atoms with Gasteiger partial charge in [0.25, 0.3) is 0 Å². The van der Waals surface area contributed by atoms with Gasteiger partial charge in [-0.05, 0) is 55.9 Å². The molecule has 1 aromatic rings. The van der Waals surface area contributed by atoms with Crippen molar-refractivity contribution >= 4 is 27.7 Å². The highest BCUT2D eigenvalue weighted by Crippen LogP contribution is 2.36. The van der Waals surface area contributed by atoms with Gasteiger partial charge in [0.05, 0.1) is 0 Å². The maximum atomic E-state index is 11.0. The Kier molecular flexibility index (Phi) is 4.11. The maximum Gasteiger partial charge on any atom is 0.407 e. The van der Waals surface area contributed by atoms with E-state index in [1.54, 1.807) is 7.05 Å². The molecular weight excluding hydrogens is 332 g/mol. The summed E-state index contributed by atoms with van der Waals surface area (Å²) in [7, 11) is 1.69. The highest BCUT2D eigenvalue weighted by atomic mass is 79.9. The van der Waals surface area contributed by atoms with E-state index in [1.165, 1.54) is 16.2 Å². The molecule has 114 valence electrons. The van der Waals surface area contributed by atoms with Crippen LogP contribution in [0.5, 0.6) is 0 Å². The molecule has 21 heavy (non-hydrogen) atoms. The summed E-state index contributed by atoms with van der Waals surface area (Å²) in [5.41, 5.74) is 2.79. The van der Waals surface area contributed by atoms with E-state index < -0.39 is 6.09 Å². The van der Waals surface area contributed by atoms with Gasteiger partial charge in [-0.15, -0.1) is 0 Å². The van der Waals surface area contributed by atoms with Gasteiger partial charge in [0.1, 0.15) is 0 Å². The SMILES string of the molecule is CN(C(=O)O)C1CCC(N2CCc3cc(Br)ccc32)CC1. The lowest BCUT2D eigenvalue weighted by Gasteiger charge is -2.38. The average Bonchev–Trinajstić information content (AvgIpc) is 2.89. The Hall–Kier alpha value is -1.23. The maximum absolute atomic E-state index is 11.0. The lowest BCUT2D eigenvalue weighted by atomic mass is 9.89. The summed E-state index contributed by atoms with van der Waals surface area (Å²) in [4.78, 5) is 15.0. The highest BCUT2D eigenvalue weighted by molar-refractivity contribution is 9.10. The quantitative estimate of drug-likeness (QED) is 0.881. The molecule has 0 spiro atoms. The third-order valence-electron chi connectivity index (χ3n) is 4.93. The molecule has 3 rings (SSSR count). The number of anilines is 1. The van der Waals surface area contributed by atoms with Gasteiger partial charge < -0.3 is 14.9 Å². The second-order valence-corrected chi connectivity index (χ2v) is 6.99. The molecule has 0 atom stereocenters. The molecule has 1 heterocycles. The van der Waals surface area contributed by atoms with Gasteiger partial charge in [-0.25, -0.2) is 4.79 Å². The van der Waals surface area contributed by atoms with Crippen LogP contribution in [0.25, 0.3) is 0 Å². The topological polar surface area (TPSA) is 43.8 Å². The fourth-order valence-corrected chi connectivity index (χ4v) is 4.10. The normalized spacial score (nSPS) is 24.8. The van der Waals surface area contributed by atoms with E-state index in [1.807, 2.05) is 0 Å². The molecule has 0 aromatic heterocycles. The Labute approximate surface area is 133 Å². The molecule has 1 aromatic carbocycles. The number of fused-ring (bicyclic) bond motifs is 1. The van der Waals surface area contributed by atoms with E-state index in [4.69, 9.17) is 5.11 Å². The zero-order valence-corrected chi connectivity index (χ0v) is 13.8. The first kappa shape index (κ1) is 14.7. The molecule has 1 saturated carbocycles. The van der Waals surface area contributed by atoms with Gasteiger partial charge in [0.2, 0.25) is 0 Å². The van der Waals surface area contributed by atoms with Crippen molar-refractivity contribution in [2.75, 3.05) is 18.5 Å². The van der Waals surface area contributed by atoms with Gasteiger partial charge in [-0.1, -0.05) is 15.9 Å². The van der Waals surface area contributed by atoms with E-state index >= 15 is 0 Å². The fourth-order valence-electron chi connectivity index (χ4n) is 3.69. The zero-order chi connectivity index (χ0) is 15.0. The summed E-state index contributed by atoms with van der Waals surface area (Å²) in [6.07, 6.45) is 4.40. The summed E-state index contributed by atoms with van der Waals surface area (Å²) in [6.45, 7) is 1.09. The fraction of sp³-hybridized carbons (Fsp3) is 0.562. The third kappa shape index (κ3) is 2.89. The van der Waals surface area contributed by atoms with Crippen molar-refractivity contribution in [1.82, 2.24) is 4.90 Å². The van der Waals surface area contributed by atoms with Gasteiger partial charge in [-0.3, -0.25) is 0 Å². The van der Waals surface area contributed by atoms with Gasteiger partial charge in [0, 0.05) is 35.8 Å². The van der Waals surface area contributed by atoms with E-state index in [0.717, 1.165) is 43.1 Å². The molecule has 1 fully saturated rings. The lowest BCUT2D eigenvalue weighted by Crippen LogP contribution is -2.44. The first-order valence-electron chi connectivity index (χ1n) is 7.57. The van der Waals surface area contributed by atoms with Crippen molar-refractivity contribution in [3.05, 3.63) is 28.2 Å². The molecule has 4 nitrogen and oxygen atoms in total. The summed E-state index contributed by atoms with van der Waals surface area (Å²) in [5, 5.41) is 9.08. The Morgan fingerprint density at radius 2 is 2.05 bits per heavy atom. The van der Waals surface area contributed by atoms with Crippen molar-refractivity contribution in [3.63, 3.8) is 0 Å². The Balaban J connectivity index is 1.65. The molecule has 1 aliphatic carbocycles. The van der Waals surface area contributed by atoms with Crippen LogP contribution in [0.15, 0.2) is 22.7 Å². The minimum absolute atomic E-state index is 0.186. The molecule has 0 radical (unpaired) electrons. The Morgan fingerprint density at radius 1 is 1.33 bits per heavy atom. The first-order chi connectivity index (χ1) is 10.1. The van der Waals surface area contributed by atoms with E-state index in [-0.39, 0.29) is 6.04 Å². The number of benzene rings is 1. The Morgan fingerprint density at radius 3 is 2.71 bits per heavy atom. The summed E-state index contributed by atoms with van der Waals surface area (Å²) in [5.74, 6) is 0. The monoisotopic (exact) mass is 352 g/mol. The number of hydrogen-bond donors (Lipinski definition) is 1. The predicted octanol–water partition coefficient (Wildman–Crippen LogP) is 3.73. The van der Waals surface area contributed by atoms with Crippen molar-refractivity contribution in [2.24, 2.45) is 0 Å². The second kappa shape index (κ2) is 5.87. The van der Waals surface area contributed by atoms with Crippen LogP contribution < -0.4 is 4.90 Å². The van der Waals surface area contributed by atoms with Crippen LogP contribution in [0.4, 0.5) is 10.5 Å². The van der Waals surface area contributed by atoms with Crippen LogP contribution in [0.1, 0.15) is 31.2 Å². The molecule has 5 heteroatoms. The predicted molar refractivity (Wildman–Crippen MR) is 87.0 cm³/mol. The lowest BCUT2D eigenvalue weighted by molar-refractivity contribution is 0.124. The molecule has 0 unspecified atom stereocenters. The first-order valence-corrected chi connectivity index (χ1v) is 8.36. The molecule has 2 aliphatic rings. The van der Waals surface area contributed by atoms with Crippen molar-refractivity contribution in [1.29, 1.82) is 0 Å². The summed E-state index contributed by atoms with van der Waals surface area (Å²) < 4.78 is 1.15. The third-order valence-corrected chi connectivity index (χ3v) is 5.42. The largest absolute Gasteiger partial charge is 0.465 e. The van der Waals surface area contributed by atoms with Crippen molar-refractivity contribution < 1.29 is 9.90 Å². The summed E-state index contributed by atoms with van der Waals surface area (Å²) in [6, 6.07) is 7.29. The minimum atomic E-state index is -0.810. The van der Waals surface area contributed by atoms with Crippen molar-refractivity contribution in [3.8, 4) is 0 Å². The molecule has 0 saturated heterocycles. The number of nitrogens with zero attached hydrogens (tertiary/aromatic N) is 2. The Bertz CT molecular complexity index is 541.